The maximum atomic E-state index is 10.2. The van der Waals surface area contributed by atoms with Crippen molar-refractivity contribution in [3.63, 3.8) is 0 Å². The van der Waals surface area contributed by atoms with Crippen molar-refractivity contribution in [2.24, 2.45) is 0 Å². The summed E-state index contributed by atoms with van der Waals surface area (Å²) in [6, 6.07) is 14.5. The van der Waals surface area contributed by atoms with Crippen LogP contribution in [0.3, 0.4) is 0 Å². The molecule has 0 unspecified atom stereocenters. The second kappa shape index (κ2) is 6.04. The Morgan fingerprint density at radius 1 is 0.542 bits per heavy atom. The van der Waals surface area contributed by atoms with Crippen molar-refractivity contribution in [2.45, 2.75) is 5.92 Å². The van der Waals surface area contributed by atoms with Gasteiger partial charge in [0.1, 0.15) is 28.7 Å². The van der Waals surface area contributed by atoms with Crippen LogP contribution in [0, 0.1) is 0 Å². The van der Waals surface area contributed by atoms with Gasteiger partial charge in [0.25, 0.3) is 0 Å². The van der Waals surface area contributed by atoms with E-state index in [2.05, 4.69) is 0 Å². The summed E-state index contributed by atoms with van der Waals surface area (Å²) < 4.78 is 0. The van der Waals surface area contributed by atoms with Gasteiger partial charge in [-0.2, -0.15) is 0 Å². The summed E-state index contributed by atoms with van der Waals surface area (Å²) in [6.45, 7) is 0. The SMILES string of the molecule is Oc1cccc(C(c2cc(O)ccc2O)c2cc(O)ccc2O)c1. The molecule has 0 fully saturated rings. The van der Waals surface area contributed by atoms with Gasteiger partial charge in [-0.05, 0) is 54.1 Å². The molecule has 0 aliphatic heterocycles. The van der Waals surface area contributed by atoms with Crippen LogP contribution in [0.25, 0.3) is 0 Å². The minimum atomic E-state index is -0.698. The zero-order chi connectivity index (χ0) is 17.3. The molecule has 3 aromatic rings. The lowest BCUT2D eigenvalue weighted by Crippen LogP contribution is -2.04. The first kappa shape index (κ1) is 15.6. The number of hydrogen-bond acceptors (Lipinski definition) is 5. The summed E-state index contributed by atoms with van der Waals surface area (Å²) in [6.07, 6.45) is 0. The molecular weight excluding hydrogens is 308 g/mol. The highest BCUT2D eigenvalue weighted by atomic mass is 16.3. The Balaban J connectivity index is 2.29. The van der Waals surface area contributed by atoms with Gasteiger partial charge in [-0.15, -0.1) is 0 Å². The average Bonchev–Trinajstić information content (AvgIpc) is 2.54. The molecule has 0 aliphatic carbocycles. The molecule has 5 heteroatoms. The van der Waals surface area contributed by atoms with Crippen molar-refractivity contribution in [3.8, 4) is 28.7 Å². The van der Waals surface area contributed by atoms with E-state index >= 15 is 0 Å². The highest BCUT2D eigenvalue weighted by Crippen LogP contribution is 2.43. The number of phenolic OH excluding ortho intramolecular Hbond substituents is 5. The lowest BCUT2D eigenvalue weighted by molar-refractivity contribution is 0.444. The quantitative estimate of drug-likeness (QED) is 0.375. The number of rotatable bonds is 3. The molecule has 0 atom stereocenters. The van der Waals surface area contributed by atoms with E-state index in [1.54, 1.807) is 12.1 Å². The first-order valence-electron chi connectivity index (χ1n) is 7.28. The van der Waals surface area contributed by atoms with Crippen molar-refractivity contribution in [2.75, 3.05) is 0 Å². The highest BCUT2D eigenvalue weighted by molar-refractivity contribution is 5.56. The van der Waals surface area contributed by atoms with Gasteiger partial charge < -0.3 is 25.5 Å². The lowest BCUT2D eigenvalue weighted by atomic mass is 9.84. The van der Waals surface area contributed by atoms with E-state index in [-0.39, 0.29) is 28.7 Å². The molecular formula is C19H16O5. The smallest absolute Gasteiger partial charge is 0.120 e. The third kappa shape index (κ3) is 2.92. The van der Waals surface area contributed by atoms with E-state index in [1.165, 1.54) is 48.5 Å². The number of phenols is 5. The minimum Gasteiger partial charge on any atom is -0.508 e. The van der Waals surface area contributed by atoms with Crippen LogP contribution in [0.2, 0.25) is 0 Å². The van der Waals surface area contributed by atoms with E-state index in [0.717, 1.165) is 0 Å². The first-order chi connectivity index (χ1) is 11.5. The molecule has 3 aromatic carbocycles. The number of aromatic hydroxyl groups is 5. The summed E-state index contributed by atoms with van der Waals surface area (Å²) in [5.74, 6) is -0.930. The van der Waals surface area contributed by atoms with Gasteiger partial charge in [0, 0.05) is 17.0 Å². The third-order valence-corrected chi connectivity index (χ3v) is 3.85. The van der Waals surface area contributed by atoms with Crippen LogP contribution in [0.5, 0.6) is 28.7 Å². The van der Waals surface area contributed by atoms with Gasteiger partial charge >= 0.3 is 0 Å². The van der Waals surface area contributed by atoms with Crippen LogP contribution in [0.1, 0.15) is 22.6 Å². The molecule has 0 radical (unpaired) electrons. The van der Waals surface area contributed by atoms with Crippen LogP contribution in [-0.4, -0.2) is 25.5 Å². The van der Waals surface area contributed by atoms with Gasteiger partial charge in [0.15, 0.2) is 0 Å². The van der Waals surface area contributed by atoms with E-state index < -0.39 is 5.92 Å². The molecule has 0 saturated heterocycles. The minimum absolute atomic E-state index is 0.0248. The highest BCUT2D eigenvalue weighted by Gasteiger charge is 2.24. The van der Waals surface area contributed by atoms with Crippen molar-refractivity contribution in [1.29, 1.82) is 0 Å². The predicted octanol–water partition coefficient (Wildman–Crippen LogP) is 3.39. The van der Waals surface area contributed by atoms with E-state index in [9.17, 15) is 25.5 Å². The Bertz CT molecular complexity index is 837. The zero-order valence-electron chi connectivity index (χ0n) is 12.6. The monoisotopic (exact) mass is 324 g/mol. The zero-order valence-corrected chi connectivity index (χ0v) is 12.6. The van der Waals surface area contributed by atoms with Crippen LogP contribution >= 0.6 is 0 Å². The third-order valence-electron chi connectivity index (χ3n) is 3.85. The largest absolute Gasteiger partial charge is 0.508 e. The molecule has 24 heavy (non-hydrogen) atoms. The molecule has 0 aliphatic rings. The molecule has 0 spiro atoms. The molecule has 0 aromatic heterocycles. The fourth-order valence-corrected chi connectivity index (χ4v) is 2.78. The first-order valence-corrected chi connectivity index (χ1v) is 7.28. The second-order valence-electron chi connectivity index (χ2n) is 5.51. The molecule has 0 heterocycles. The van der Waals surface area contributed by atoms with Crippen molar-refractivity contribution in [1.82, 2.24) is 0 Å². The van der Waals surface area contributed by atoms with E-state index in [1.807, 2.05) is 0 Å². The second-order valence-corrected chi connectivity index (χ2v) is 5.51. The fourth-order valence-electron chi connectivity index (χ4n) is 2.78. The van der Waals surface area contributed by atoms with Gasteiger partial charge in [-0.1, -0.05) is 12.1 Å². The number of hydrogen-bond donors (Lipinski definition) is 5. The summed E-state index contributed by atoms with van der Waals surface area (Å²) >= 11 is 0. The topological polar surface area (TPSA) is 101 Å². The Kier molecular flexibility index (Phi) is 3.92. The summed E-state index contributed by atoms with van der Waals surface area (Å²) in [5.41, 5.74) is 1.25. The normalized spacial score (nSPS) is 10.9. The fraction of sp³-hybridized carbons (Fsp3) is 0.0526. The van der Waals surface area contributed by atoms with Crippen LogP contribution in [-0.2, 0) is 0 Å². The molecule has 0 bridgehead atoms. The molecule has 0 amide bonds. The molecule has 3 rings (SSSR count). The maximum absolute atomic E-state index is 10.2. The Morgan fingerprint density at radius 3 is 1.54 bits per heavy atom. The summed E-state index contributed by atoms with van der Waals surface area (Å²) in [4.78, 5) is 0. The van der Waals surface area contributed by atoms with Crippen LogP contribution in [0.4, 0.5) is 0 Å². The van der Waals surface area contributed by atoms with E-state index in [0.29, 0.717) is 16.7 Å². The van der Waals surface area contributed by atoms with Crippen molar-refractivity contribution < 1.29 is 25.5 Å². The van der Waals surface area contributed by atoms with Gasteiger partial charge in [-0.25, -0.2) is 0 Å². The Morgan fingerprint density at radius 2 is 1.04 bits per heavy atom. The average molecular weight is 324 g/mol. The summed E-state index contributed by atoms with van der Waals surface area (Å²) in [7, 11) is 0. The molecule has 122 valence electrons. The molecule has 5 N–H and O–H groups in total. The molecule has 5 nitrogen and oxygen atoms in total. The van der Waals surface area contributed by atoms with Crippen LogP contribution < -0.4 is 0 Å². The van der Waals surface area contributed by atoms with E-state index in [4.69, 9.17) is 0 Å². The summed E-state index contributed by atoms with van der Waals surface area (Å²) in [5, 5.41) is 49.8. The van der Waals surface area contributed by atoms with Gasteiger partial charge in [-0.3, -0.25) is 0 Å². The van der Waals surface area contributed by atoms with Gasteiger partial charge in [0.05, 0.1) is 0 Å². The van der Waals surface area contributed by atoms with Crippen molar-refractivity contribution >= 4 is 0 Å². The van der Waals surface area contributed by atoms with Crippen LogP contribution in [0.15, 0.2) is 60.7 Å². The predicted molar refractivity (Wildman–Crippen MR) is 88.6 cm³/mol. The maximum Gasteiger partial charge on any atom is 0.120 e. The standard InChI is InChI=1S/C19H16O5/c20-12-3-1-2-11(8-12)19(15-9-13(21)4-6-17(15)23)16-10-14(22)5-7-18(16)24/h1-10,19-24H. The van der Waals surface area contributed by atoms with Crippen molar-refractivity contribution in [3.05, 3.63) is 77.4 Å². The Hall–Kier alpha value is -3.34. The Labute approximate surface area is 138 Å². The number of benzene rings is 3. The molecule has 0 saturated carbocycles. The lowest BCUT2D eigenvalue weighted by Gasteiger charge is -2.21. The van der Waals surface area contributed by atoms with Gasteiger partial charge in [0.2, 0.25) is 0 Å².